The van der Waals surface area contributed by atoms with Crippen LogP contribution in [0.25, 0.3) is 0 Å². The van der Waals surface area contributed by atoms with E-state index in [1.165, 1.54) is 18.5 Å². The number of aromatic carboxylic acids is 1. The maximum atomic E-state index is 10.8. The lowest BCUT2D eigenvalue weighted by Crippen LogP contribution is -2.07. The summed E-state index contributed by atoms with van der Waals surface area (Å²) in [6.07, 6.45) is 1.47. The number of hydrogen-bond acceptors (Lipinski definition) is 4. The van der Waals surface area contributed by atoms with E-state index in [0.717, 1.165) is 0 Å². The molecule has 6 nitrogen and oxygen atoms in total. The van der Waals surface area contributed by atoms with E-state index in [-0.39, 0.29) is 12.2 Å². The van der Waals surface area contributed by atoms with Crippen molar-refractivity contribution in [2.24, 2.45) is 0 Å². The summed E-state index contributed by atoms with van der Waals surface area (Å²) in [5.74, 6) is 0.232. The fourth-order valence-corrected chi connectivity index (χ4v) is 1.53. The second kappa shape index (κ2) is 5.31. The Bertz CT molecular complexity index is 551. The summed E-state index contributed by atoms with van der Waals surface area (Å²) >= 11 is 0. The Labute approximate surface area is 104 Å². The largest absolute Gasteiger partial charge is 0.486 e. The Balaban J connectivity index is 2.06. The predicted molar refractivity (Wildman–Crippen MR) is 63.4 cm³/mol. The molecule has 2 rings (SSSR count). The number of rotatable bonds is 5. The molecule has 0 radical (unpaired) electrons. The Morgan fingerprint density at radius 2 is 2.33 bits per heavy atom. The lowest BCUT2D eigenvalue weighted by Gasteiger charge is -2.07. The summed E-state index contributed by atoms with van der Waals surface area (Å²) in [6.45, 7) is 2.94. The van der Waals surface area contributed by atoms with Crippen LogP contribution >= 0.6 is 0 Å². The van der Waals surface area contributed by atoms with Gasteiger partial charge in [-0.2, -0.15) is 5.10 Å². The van der Waals surface area contributed by atoms with Gasteiger partial charge in [0.1, 0.15) is 18.7 Å². The zero-order valence-corrected chi connectivity index (χ0v) is 9.91. The molecule has 0 spiro atoms. The maximum absolute atomic E-state index is 10.8. The van der Waals surface area contributed by atoms with Gasteiger partial charge in [0.25, 0.3) is 0 Å². The number of carboxylic acid groups (broad SMARTS) is 1. The number of ether oxygens (including phenoxy) is 1. The number of nitrogens with zero attached hydrogens (tertiary/aromatic N) is 3. The van der Waals surface area contributed by atoms with Crippen molar-refractivity contribution < 1.29 is 14.6 Å². The molecule has 1 aromatic heterocycles. The first-order chi connectivity index (χ1) is 8.70. The molecule has 1 N–H and O–H groups in total. The zero-order chi connectivity index (χ0) is 13.0. The SMILES string of the molecule is CCn1ncnc1COc1cccc(C(=O)O)c1. The Morgan fingerprint density at radius 1 is 1.50 bits per heavy atom. The molecule has 0 unspecified atom stereocenters. The lowest BCUT2D eigenvalue weighted by molar-refractivity contribution is 0.0696. The van der Waals surface area contributed by atoms with Crippen molar-refractivity contribution in [1.82, 2.24) is 14.8 Å². The minimum absolute atomic E-state index is 0.199. The minimum Gasteiger partial charge on any atom is -0.486 e. The third kappa shape index (κ3) is 2.65. The molecular formula is C12H13N3O3. The second-order valence-corrected chi connectivity index (χ2v) is 3.61. The van der Waals surface area contributed by atoms with E-state index >= 15 is 0 Å². The average molecular weight is 247 g/mol. The van der Waals surface area contributed by atoms with Gasteiger partial charge in [0.15, 0.2) is 5.82 Å². The zero-order valence-electron chi connectivity index (χ0n) is 9.91. The third-order valence-electron chi connectivity index (χ3n) is 2.44. The van der Waals surface area contributed by atoms with Crippen molar-refractivity contribution in [3.05, 3.63) is 42.0 Å². The van der Waals surface area contributed by atoms with Crippen molar-refractivity contribution >= 4 is 5.97 Å². The molecule has 0 bridgehead atoms. The van der Waals surface area contributed by atoms with Crippen LogP contribution < -0.4 is 4.74 Å². The van der Waals surface area contributed by atoms with Crippen LogP contribution in [0, 0.1) is 0 Å². The van der Waals surface area contributed by atoms with Gasteiger partial charge in [-0.15, -0.1) is 0 Å². The van der Waals surface area contributed by atoms with E-state index in [1.807, 2.05) is 6.92 Å². The number of aromatic nitrogens is 3. The van der Waals surface area contributed by atoms with Gasteiger partial charge in [0, 0.05) is 6.54 Å². The van der Waals surface area contributed by atoms with Gasteiger partial charge in [-0.3, -0.25) is 0 Å². The summed E-state index contributed by atoms with van der Waals surface area (Å²) in [5, 5.41) is 12.9. The molecule has 1 heterocycles. The predicted octanol–water partition coefficient (Wildman–Crippen LogP) is 1.58. The maximum Gasteiger partial charge on any atom is 0.335 e. The van der Waals surface area contributed by atoms with Crippen LogP contribution in [0.3, 0.4) is 0 Å². The van der Waals surface area contributed by atoms with E-state index in [4.69, 9.17) is 9.84 Å². The van der Waals surface area contributed by atoms with E-state index in [0.29, 0.717) is 18.1 Å². The fraction of sp³-hybridized carbons (Fsp3) is 0.250. The Morgan fingerprint density at radius 3 is 3.06 bits per heavy atom. The van der Waals surface area contributed by atoms with Gasteiger partial charge in [0.2, 0.25) is 0 Å². The molecule has 2 aromatic rings. The number of benzene rings is 1. The molecule has 0 saturated carbocycles. The molecule has 94 valence electrons. The first-order valence-electron chi connectivity index (χ1n) is 5.53. The number of carboxylic acids is 1. The smallest absolute Gasteiger partial charge is 0.335 e. The first-order valence-corrected chi connectivity index (χ1v) is 5.53. The first kappa shape index (κ1) is 12.1. The van der Waals surface area contributed by atoms with Gasteiger partial charge >= 0.3 is 5.97 Å². The molecule has 0 saturated heterocycles. The summed E-state index contributed by atoms with van der Waals surface area (Å²) in [5.41, 5.74) is 0.199. The van der Waals surface area contributed by atoms with Gasteiger partial charge in [0.05, 0.1) is 5.56 Å². The highest BCUT2D eigenvalue weighted by Gasteiger charge is 2.06. The van der Waals surface area contributed by atoms with E-state index < -0.39 is 5.97 Å². The highest BCUT2D eigenvalue weighted by molar-refractivity contribution is 5.87. The van der Waals surface area contributed by atoms with Crippen LogP contribution in [-0.4, -0.2) is 25.8 Å². The van der Waals surface area contributed by atoms with Gasteiger partial charge < -0.3 is 9.84 Å². The topological polar surface area (TPSA) is 77.2 Å². The molecular weight excluding hydrogens is 234 g/mol. The molecule has 0 aliphatic rings. The summed E-state index contributed by atoms with van der Waals surface area (Å²) in [4.78, 5) is 14.9. The average Bonchev–Trinajstić information content (AvgIpc) is 2.84. The Hall–Kier alpha value is -2.37. The normalized spacial score (nSPS) is 10.3. The highest BCUT2D eigenvalue weighted by Crippen LogP contribution is 2.14. The fourth-order valence-electron chi connectivity index (χ4n) is 1.53. The number of carbonyl (C=O) groups is 1. The molecule has 0 amide bonds. The van der Waals surface area contributed by atoms with Gasteiger partial charge in [-0.05, 0) is 25.1 Å². The van der Waals surface area contributed by atoms with Crippen molar-refractivity contribution in [3.8, 4) is 5.75 Å². The van der Waals surface area contributed by atoms with Crippen LogP contribution in [0.5, 0.6) is 5.75 Å². The van der Waals surface area contributed by atoms with Crippen molar-refractivity contribution in [3.63, 3.8) is 0 Å². The van der Waals surface area contributed by atoms with Gasteiger partial charge in [-0.25, -0.2) is 14.5 Å². The van der Waals surface area contributed by atoms with Crippen LogP contribution in [0.4, 0.5) is 0 Å². The van der Waals surface area contributed by atoms with E-state index in [1.54, 1.807) is 16.8 Å². The molecule has 0 aliphatic carbocycles. The minimum atomic E-state index is -0.975. The summed E-state index contributed by atoms with van der Waals surface area (Å²) in [7, 11) is 0. The second-order valence-electron chi connectivity index (χ2n) is 3.61. The highest BCUT2D eigenvalue weighted by atomic mass is 16.5. The lowest BCUT2D eigenvalue weighted by atomic mass is 10.2. The summed E-state index contributed by atoms with van der Waals surface area (Å²) in [6, 6.07) is 6.35. The molecule has 1 aromatic carbocycles. The van der Waals surface area contributed by atoms with Crippen LogP contribution in [0.1, 0.15) is 23.1 Å². The standard InChI is InChI=1S/C12H13N3O3/c1-2-15-11(13-8-14-15)7-18-10-5-3-4-9(6-10)12(16)17/h3-6,8H,2,7H2,1H3,(H,16,17). The summed E-state index contributed by atoms with van der Waals surface area (Å²) < 4.78 is 7.22. The number of aryl methyl sites for hydroxylation is 1. The quantitative estimate of drug-likeness (QED) is 0.867. The molecule has 18 heavy (non-hydrogen) atoms. The van der Waals surface area contributed by atoms with Crippen molar-refractivity contribution in [2.75, 3.05) is 0 Å². The van der Waals surface area contributed by atoms with Crippen LogP contribution in [0.2, 0.25) is 0 Å². The third-order valence-corrected chi connectivity index (χ3v) is 2.44. The molecule has 0 atom stereocenters. The van der Waals surface area contributed by atoms with E-state index in [9.17, 15) is 4.79 Å². The molecule has 0 aliphatic heterocycles. The van der Waals surface area contributed by atoms with Crippen molar-refractivity contribution in [1.29, 1.82) is 0 Å². The van der Waals surface area contributed by atoms with E-state index in [2.05, 4.69) is 10.1 Å². The monoisotopic (exact) mass is 247 g/mol. The van der Waals surface area contributed by atoms with Crippen LogP contribution in [-0.2, 0) is 13.2 Å². The van der Waals surface area contributed by atoms with Crippen LogP contribution in [0.15, 0.2) is 30.6 Å². The molecule has 0 fully saturated rings. The Kier molecular flexibility index (Phi) is 3.57. The molecule has 6 heteroatoms. The van der Waals surface area contributed by atoms with Gasteiger partial charge in [-0.1, -0.05) is 6.07 Å². The number of hydrogen-bond donors (Lipinski definition) is 1. The van der Waals surface area contributed by atoms with Crippen molar-refractivity contribution in [2.45, 2.75) is 20.1 Å².